The van der Waals surface area contributed by atoms with E-state index in [1.807, 2.05) is 0 Å². The summed E-state index contributed by atoms with van der Waals surface area (Å²) in [5.74, 6) is -1.02. The number of carbonyl (C=O) groups is 3. The second-order valence-electron chi connectivity index (χ2n) is 6.36. The van der Waals surface area contributed by atoms with E-state index < -0.39 is 24.5 Å². The molecule has 0 aliphatic heterocycles. The Bertz CT molecular complexity index is 1110. The maximum atomic E-state index is 12.3. The van der Waals surface area contributed by atoms with Crippen molar-refractivity contribution in [1.82, 2.24) is 9.97 Å². The number of H-pyrrole nitrogens is 1. The van der Waals surface area contributed by atoms with Crippen LogP contribution < -0.4 is 21.1 Å². The lowest BCUT2D eigenvalue weighted by Crippen LogP contribution is -2.22. The predicted octanol–water partition coefficient (Wildman–Crippen LogP) is 2.86. The van der Waals surface area contributed by atoms with Crippen LogP contribution in [-0.4, -0.2) is 39.6 Å². The standard InChI is InChI=1S/C20H18ClN5O5/c21-12-2-1-3-13(9-12)23-20(30)26-19-17(18(22)29)24-15(25-19)8-11-4-6-14(7-5-11)31-10-16(27)28/h1-7,9H,8,10H2,(H2,22,29)(H,24,25)(H,27,28)(H2,23,26,30). The Morgan fingerprint density at radius 2 is 1.87 bits per heavy atom. The Labute approximate surface area is 181 Å². The molecule has 0 bridgehead atoms. The van der Waals surface area contributed by atoms with E-state index in [1.54, 1.807) is 48.5 Å². The van der Waals surface area contributed by atoms with Crippen LogP contribution in [0.2, 0.25) is 5.02 Å². The quantitative estimate of drug-likeness (QED) is 0.360. The summed E-state index contributed by atoms with van der Waals surface area (Å²) in [6, 6.07) is 12.6. The number of amides is 3. The number of aliphatic carboxylic acids is 1. The van der Waals surface area contributed by atoms with E-state index in [9.17, 15) is 14.4 Å². The number of nitrogens with zero attached hydrogens (tertiary/aromatic N) is 1. The number of aromatic nitrogens is 2. The second-order valence-corrected chi connectivity index (χ2v) is 6.80. The van der Waals surface area contributed by atoms with Gasteiger partial charge in [0.25, 0.3) is 5.91 Å². The minimum Gasteiger partial charge on any atom is -0.482 e. The molecule has 3 rings (SSSR count). The number of benzene rings is 2. The number of nitrogens with two attached hydrogens (primary N) is 1. The van der Waals surface area contributed by atoms with Crippen molar-refractivity contribution >= 4 is 41.0 Å². The molecule has 11 heteroatoms. The van der Waals surface area contributed by atoms with E-state index in [0.29, 0.717) is 28.7 Å². The average molecular weight is 444 g/mol. The van der Waals surface area contributed by atoms with Crippen molar-refractivity contribution < 1.29 is 24.2 Å². The van der Waals surface area contributed by atoms with Gasteiger partial charge in [-0.15, -0.1) is 0 Å². The van der Waals surface area contributed by atoms with Crippen molar-refractivity contribution in [1.29, 1.82) is 0 Å². The molecule has 3 aromatic rings. The summed E-state index contributed by atoms with van der Waals surface area (Å²) in [5.41, 5.74) is 6.53. The number of carboxylic acid groups (broad SMARTS) is 1. The van der Waals surface area contributed by atoms with Gasteiger partial charge in [-0.05, 0) is 35.9 Å². The first-order chi connectivity index (χ1) is 14.8. The fourth-order valence-electron chi connectivity index (χ4n) is 2.66. The molecular formula is C20H18ClN5O5. The molecule has 2 aromatic carbocycles. The monoisotopic (exact) mass is 443 g/mol. The van der Waals surface area contributed by atoms with Crippen LogP contribution in [0.25, 0.3) is 0 Å². The van der Waals surface area contributed by atoms with Crippen LogP contribution in [0.4, 0.5) is 16.3 Å². The van der Waals surface area contributed by atoms with Gasteiger partial charge in [0.05, 0.1) is 0 Å². The number of rotatable bonds is 8. The van der Waals surface area contributed by atoms with E-state index in [4.69, 9.17) is 27.2 Å². The van der Waals surface area contributed by atoms with Crippen LogP contribution in [-0.2, 0) is 11.2 Å². The lowest BCUT2D eigenvalue weighted by atomic mass is 10.1. The van der Waals surface area contributed by atoms with Crippen LogP contribution >= 0.6 is 11.6 Å². The zero-order valence-corrected chi connectivity index (χ0v) is 16.8. The molecule has 0 unspecified atom stereocenters. The van der Waals surface area contributed by atoms with Crippen LogP contribution in [0.15, 0.2) is 48.5 Å². The highest BCUT2D eigenvalue weighted by atomic mass is 35.5. The molecule has 10 nitrogen and oxygen atoms in total. The van der Waals surface area contributed by atoms with Crippen molar-refractivity contribution in [3.8, 4) is 5.75 Å². The number of urea groups is 1. The molecule has 0 aliphatic carbocycles. The van der Waals surface area contributed by atoms with Gasteiger partial charge in [-0.2, -0.15) is 0 Å². The van der Waals surface area contributed by atoms with Crippen molar-refractivity contribution in [3.05, 3.63) is 70.6 Å². The minimum atomic E-state index is -1.07. The number of ether oxygens (including phenoxy) is 1. The third-order valence-electron chi connectivity index (χ3n) is 3.96. The maximum Gasteiger partial charge on any atom is 0.341 e. The topological polar surface area (TPSA) is 159 Å². The van der Waals surface area contributed by atoms with Gasteiger partial charge < -0.3 is 25.9 Å². The number of anilines is 2. The fraction of sp³-hybridized carbons (Fsp3) is 0.100. The molecule has 6 N–H and O–H groups in total. The van der Waals surface area contributed by atoms with Crippen LogP contribution in [0.5, 0.6) is 5.75 Å². The number of halogens is 1. The Morgan fingerprint density at radius 1 is 1.13 bits per heavy atom. The highest BCUT2D eigenvalue weighted by Gasteiger charge is 2.17. The van der Waals surface area contributed by atoms with Gasteiger partial charge >= 0.3 is 12.0 Å². The highest BCUT2D eigenvalue weighted by molar-refractivity contribution is 6.30. The Morgan fingerprint density at radius 3 is 2.52 bits per heavy atom. The smallest absolute Gasteiger partial charge is 0.341 e. The molecule has 1 aromatic heterocycles. The van der Waals surface area contributed by atoms with Gasteiger partial charge in [-0.1, -0.05) is 29.8 Å². The number of imidazole rings is 1. The largest absolute Gasteiger partial charge is 0.482 e. The second kappa shape index (κ2) is 9.63. The van der Waals surface area contributed by atoms with Gasteiger partial charge in [0.1, 0.15) is 17.4 Å². The molecule has 0 radical (unpaired) electrons. The third-order valence-corrected chi connectivity index (χ3v) is 4.20. The van der Waals surface area contributed by atoms with Crippen LogP contribution in [0, 0.1) is 0 Å². The molecule has 1 heterocycles. The Kier molecular flexibility index (Phi) is 6.73. The summed E-state index contributed by atoms with van der Waals surface area (Å²) in [7, 11) is 0. The molecule has 0 atom stereocenters. The first-order valence-corrected chi connectivity index (χ1v) is 9.34. The minimum absolute atomic E-state index is 0.0587. The molecule has 0 aliphatic rings. The van der Waals surface area contributed by atoms with Crippen LogP contribution in [0.3, 0.4) is 0 Å². The lowest BCUT2D eigenvalue weighted by molar-refractivity contribution is -0.139. The zero-order valence-electron chi connectivity index (χ0n) is 16.0. The van der Waals surface area contributed by atoms with E-state index in [0.717, 1.165) is 5.56 Å². The summed E-state index contributed by atoms with van der Waals surface area (Å²) in [6.07, 6.45) is 0.303. The predicted molar refractivity (Wildman–Crippen MR) is 114 cm³/mol. The van der Waals surface area contributed by atoms with Crippen molar-refractivity contribution in [3.63, 3.8) is 0 Å². The van der Waals surface area contributed by atoms with E-state index >= 15 is 0 Å². The first kappa shape index (κ1) is 21.7. The summed E-state index contributed by atoms with van der Waals surface area (Å²) in [6.45, 7) is -0.439. The molecule has 3 amide bonds. The van der Waals surface area contributed by atoms with Crippen molar-refractivity contribution in [2.24, 2.45) is 5.73 Å². The first-order valence-electron chi connectivity index (χ1n) is 8.96. The number of hydrogen-bond acceptors (Lipinski definition) is 5. The van der Waals surface area contributed by atoms with Gasteiger partial charge in [0.15, 0.2) is 12.3 Å². The molecular weight excluding hydrogens is 426 g/mol. The van der Waals surface area contributed by atoms with Crippen LogP contribution in [0.1, 0.15) is 21.9 Å². The highest BCUT2D eigenvalue weighted by Crippen LogP contribution is 2.19. The summed E-state index contributed by atoms with van der Waals surface area (Å²) in [4.78, 5) is 41.6. The summed E-state index contributed by atoms with van der Waals surface area (Å²) < 4.78 is 5.08. The van der Waals surface area contributed by atoms with Crippen molar-refractivity contribution in [2.75, 3.05) is 17.2 Å². The number of aromatic amines is 1. The molecule has 0 saturated carbocycles. The molecule has 160 valence electrons. The Hall–Kier alpha value is -4.05. The van der Waals surface area contributed by atoms with Crippen molar-refractivity contribution in [2.45, 2.75) is 6.42 Å². The van der Waals surface area contributed by atoms with Gasteiger partial charge in [0.2, 0.25) is 0 Å². The number of nitrogens with one attached hydrogen (secondary N) is 3. The van der Waals surface area contributed by atoms with E-state index in [2.05, 4.69) is 20.6 Å². The third kappa shape index (κ3) is 6.21. The zero-order chi connectivity index (χ0) is 22.4. The number of carboxylic acids is 1. The number of carbonyl (C=O) groups excluding carboxylic acids is 2. The number of hydrogen-bond donors (Lipinski definition) is 5. The average Bonchev–Trinajstić information content (AvgIpc) is 3.09. The molecule has 0 saturated heterocycles. The normalized spacial score (nSPS) is 10.4. The number of primary amides is 1. The van der Waals surface area contributed by atoms with E-state index in [-0.39, 0.29) is 11.5 Å². The summed E-state index contributed by atoms with van der Waals surface area (Å²) in [5, 5.41) is 14.2. The molecule has 0 fully saturated rings. The summed E-state index contributed by atoms with van der Waals surface area (Å²) >= 11 is 5.89. The molecule has 31 heavy (non-hydrogen) atoms. The lowest BCUT2D eigenvalue weighted by Gasteiger charge is -2.07. The molecule has 0 spiro atoms. The maximum absolute atomic E-state index is 12.3. The fourth-order valence-corrected chi connectivity index (χ4v) is 2.85. The SMILES string of the molecule is NC(=O)c1nc(Cc2ccc(OCC(=O)O)cc2)[nH]c1NC(=O)Nc1cccc(Cl)c1. The van der Waals surface area contributed by atoms with Gasteiger partial charge in [0, 0.05) is 17.1 Å². The van der Waals surface area contributed by atoms with Gasteiger partial charge in [-0.25, -0.2) is 14.6 Å². The van der Waals surface area contributed by atoms with E-state index in [1.165, 1.54) is 0 Å². The Balaban J connectivity index is 1.69. The van der Waals surface area contributed by atoms with Gasteiger partial charge in [-0.3, -0.25) is 10.1 Å².